The average Bonchev–Trinajstić information content (AvgIpc) is 2.50. The van der Waals surface area contributed by atoms with Crippen molar-refractivity contribution < 1.29 is 9.47 Å². The first kappa shape index (κ1) is 17.5. The van der Waals surface area contributed by atoms with Crippen molar-refractivity contribution in [1.82, 2.24) is 10.6 Å². The van der Waals surface area contributed by atoms with Gasteiger partial charge in [-0.3, -0.25) is 0 Å². The molecule has 0 amide bonds. The molecule has 0 aliphatic carbocycles. The van der Waals surface area contributed by atoms with E-state index in [1.165, 1.54) is 11.1 Å². The molecule has 0 aliphatic rings. The van der Waals surface area contributed by atoms with E-state index in [0.29, 0.717) is 19.8 Å². The normalized spacial score (nSPS) is 11.5. The lowest BCUT2D eigenvalue weighted by Crippen LogP contribution is -2.39. The molecule has 0 saturated carbocycles. The summed E-state index contributed by atoms with van der Waals surface area (Å²) in [7, 11) is 1.71. The van der Waals surface area contributed by atoms with Gasteiger partial charge in [0.15, 0.2) is 5.96 Å². The van der Waals surface area contributed by atoms with Crippen molar-refractivity contribution in [2.24, 2.45) is 4.99 Å². The van der Waals surface area contributed by atoms with E-state index in [4.69, 9.17) is 9.47 Å². The predicted molar refractivity (Wildman–Crippen MR) is 86.5 cm³/mol. The molecule has 118 valence electrons. The standard InChI is InChI=1S/C16H27N3O2/c1-4-17-16(18-10-11-21-5-2)19-12-14-8-6-7-9-15(14)13-20-3/h6-9H,4-5,10-13H2,1-3H3,(H2,17,18,19). The van der Waals surface area contributed by atoms with Crippen LogP contribution in [0.15, 0.2) is 29.3 Å². The Bertz CT molecular complexity index is 422. The van der Waals surface area contributed by atoms with E-state index in [1.807, 2.05) is 19.1 Å². The van der Waals surface area contributed by atoms with Crippen LogP contribution in [0.25, 0.3) is 0 Å². The molecule has 0 spiro atoms. The number of methoxy groups -OCH3 is 1. The summed E-state index contributed by atoms with van der Waals surface area (Å²) in [6.07, 6.45) is 0. The van der Waals surface area contributed by atoms with E-state index in [1.54, 1.807) is 7.11 Å². The largest absolute Gasteiger partial charge is 0.380 e. The van der Waals surface area contributed by atoms with Gasteiger partial charge in [0.25, 0.3) is 0 Å². The fourth-order valence-electron chi connectivity index (χ4n) is 1.90. The Labute approximate surface area is 127 Å². The van der Waals surface area contributed by atoms with Crippen molar-refractivity contribution >= 4 is 5.96 Å². The Kier molecular flexibility index (Phi) is 9.24. The highest BCUT2D eigenvalue weighted by Crippen LogP contribution is 2.10. The highest BCUT2D eigenvalue weighted by Gasteiger charge is 2.02. The Hall–Kier alpha value is -1.59. The van der Waals surface area contributed by atoms with Crippen molar-refractivity contribution in [3.8, 4) is 0 Å². The van der Waals surface area contributed by atoms with Crippen LogP contribution in [0.2, 0.25) is 0 Å². The third-order valence-corrected chi connectivity index (χ3v) is 2.91. The van der Waals surface area contributed by atoms with Gasteiger partial charge in [-0.2, -0.15) is 0 Å². The zero-order valence-electron chi connectivity index (χ0n) is 13.3. The van der Waals surface area contributed by atoms with Crippen LogP contribution < -0.4 is 10.6 Å². The molecule has 0 radical (unpaired) electrons. The zero-order valence-corrected chi connectivity index (χ0v) is 13.3. The molecule has 5 nitrogen and oxygen atoms in total. The average molecular weight is 293 g/mol. The van der Waals surface area contributed by atoms with Crippen LogP contribution in [0.4, 0.5) is 0 Å². The number of rotatable bonds is 9. The molecule has 0 bridgehead atoms. The van der Waals surface area contributed by atoms with Crippen LogP contribution in [-0.2, 0) is 22.6 Å². The van der Waals surface area contributed by atoms with Gasteiger partial charge in [-0.05, 0) is 25.0 Å². The van der Waals surface area contributed by atoms with Gasteiger partial charge in [-0.15, -0.1) is 0 Å². The maximum atomic E-state index is 5.31. The fraction of sp³-hybridized carbons (Fsp3) is 0.562. The minimum atomic E-state index is 0.611. The molecule has 0 unspecified atom stereocenters. The quantitative estimate of drug-likeness (QED) is 0.415. The van der Waals surface area contributed by atoms with E-state index in [0.717, 1.165) is 25.7 Å². The molecule has 0 aromatic heterocycles. The lowest BCUT2D eigenvalue weighted by molar-refractivity contribution is 0.152. The third kappa shape index (κ3) is 7.11. The van der Waals surface area contributed by atoms with Gasteiger partial charge in [0.2, 0.25) is 0 Å². The molecule has 1 rings (SSSR count). The third-order valence-electron chi connectivity index (χ3n) is 2.91. The second kappa shape index (κ2) is 11.1. The molecular formula is C16H27N3O2. The number of aliphatic imine (C=N–C) groups is 1. The monoisotopic (exact) mass is 293 g/mol. The lowest BCUT2D eigenvalue weighted by atomic mass is 10.1. The SMILES string of the molecule is CCNC(=NCc1ccccc1COC)NCCOCC. The highest BCUT2D eigenvalue weighted by atomic mass is 16.5. The molecule has 0 aliphatic heterocycles. The second-order valence-electron chi connectivity index (χ2n) is 4.52. The van der Waals surface area contributed by atoms with Crippen molar-refractivity contribution in [3.63, 3.8) is 0 Å². The summed E-state index contributed by atoms with van der Waals surface area (Å²) in [5.41, 5.74) is 2.36. The minimum absolute atomic E-state index is 0.611. The van der Waals surface area contributed by atoms with Crippen LogP contribution >= 0.6 is 0 Å². The van der Waals surface area contributed by atoms with E-state index >= 15 is 0 Å². The maximum Gasteiger partial charge on any atom is 0.191 e. The summed E-state index contributed by atoms with van der Waals surface area (Å²) in [4.78, 5) is 4.61. The van der Waals surface area contributed by atoms with E-state index in [2.05, 4.69) is 34.7 Å². The first-order valence-corrected chi connectivity index (χ1v) is 7.47. The van der Waals surface area contributed by atoms with Gasteiger partial charge in [0, 0.05) is 26.8 Å². The van der Waals surface area contributed by atoms with Gasteiger partial charge >= 0.3 is 0 Å². The van der Waals surface area contributed by atoms with Gasteiger partial charge in [0.1, 0.15) is 0 Å². The second-order valence-corrected chi connectivity index (χ2v) is 4.52. The molecular weight excluding hydrogens is 266 g/mol. The Morgan fingerprint density at radius 3 is 2.57 bits per heavy atom. The molecule has 21 heavy (non-hydrogen) atoms. The summed E-state index contributed by atoms with van der Waals surface area (Å²) in [5.74, 6) is 0.810. The highest BCUT2D eigenvalue weighted by molar-refractivity contribution is 5.79. The van der Waals surface area contributed by atoms with Crippen molar-refractivity contribution in [1.29, 1.82) is 0 Å². The number of nitrogens with one attached hydrogen (secondary N) is 2. The first-order chi connectivity index (χ1) is 10.3. The first-order valence-electron chi connectivity index (χ1n) is 7.47. The topological polar surface area (TPSA) is 54.9 Å². The Balaban J connectivity index is 2.60. The number of hydrogen-bond donors (Lipinski definition) is 2. The van der Waals surface area contributed by atoms with Crippen LogP contribution in [0.3, 0.4) is 0 Å². The summed E-state index contributed by atoms with van der Waals surface area (Å²) >= 11 is 0. The summed E-state index contributed by atoms with van der Waals surface area (Å²) in [5, 5.41) is 6.49. The smallest absolute Gasteiger partial charge is 0.191 e. The molecule has 1 aromatic carbocycles. The van der Waals surface area contributed by atoms with Gasteiger partial charge in [-0.1, -0.05) is 24.3 Å². The molecule has 0 atom stereocenters. The number of hydrogen-bond acceptors (Lipinski definition) is 3. The van der Waals surface area contributed by atoms with E-state index < -0.39 is 0 Å². The Morgan fingerprint density at radius 2 is 1.90 bits per heavy atom. The van der Waals surface area contributed by atoms with Crippen molar-refractivity contribution in [2.75, 3.05) is 33.4 Å². The van der Waals surface area contributed by atoms with Gasteiger partial charge < -0.3 is 20.1 Å². The van der Waals surface area contributed by atoms with Crippen LogP contribution in [0, 0.1) is 0 Å². The van der Waals surface area contributed by atoms with Gasteiger partial charge in [0.05, 0.1) is 19.8 Å². The van der Waals surface area contributed by atoms with Crippen LogP contribution in [0.5, 0.6) is 0 Å². The molecule has 1 aromatic rings. The van der Waals surface area contributed by atoms with Crippen molar-refractivity contribution in [3.05, 3.63) is 35.4 Å². The number of guanidine groups is 1. The summed E-state index contributed by atoms with van der Waals surface area (Å²) < 4.78 is 10.5. The number of ether oxygens (including phenoxy) is 2. The van der Waals surface area contributed by atoms with E-state index in [-0.39, 0.29) is 0 Å². The molecule has 0 fully saturated rings. The van der Waals surface area contributed by atoms with Crippen LogP contribution in [0.1, 0.15) is 25.0 Å². The van der Waals surface area contributed by atoms with Crippen molar-refractivity contribution in [2.45, 2.75) is 27.0 Å². The fourth-order valence-corrected chi connectivity index (χ4v) is 1.90. The molecule has 2 N–H and O–H groups in total. The number of nitrogens with zero attached hydrogens (tertiary/aromatic N) is 1. The minimum Gasteiger partial charge on any atom is -0.380 e. The van der Waals surface area contributed by atoms with Crippen LogP contribution in [-0.4, -0.2) is 39.4 Å². The van der Waals surface area contributed by atoms with E-state index in [9.17, 15) is 0 Å². The lowest BCUT2D eigenvalue weighted by Gasteiger charge is -2.12. The Morgan fingerprint density at radius 1 is 1.14 bits per heavy atom. The summed E-state index contributed by atoms with van der Waals surface area (Å²) in [6.45, 7) is 8.29. The predicted octanol–water partition coefficient (Wildman–Crippen LogP) is 1.92. The molecule has 0 heterocycles. The summed E-state index contributed by atoms with van der Waals surface area (Å²) in [6, 6.07) is 8.21. The maximum absolute atomic E-state index is 5.31. The molecule has 5 heteroatoms. The molecule has 0 saturated heterocycles. The zero-order chi connectivity index (χ0) is 15.3. The van der Waals surface area contributed by atoms with Gasteiger partial charge in [-0.25, -0.2) is 4.99 Å². The number of benzene rings is 1.